The molecular formula is C15H15BrClFN2. The first-order chi connectivity index (χ1) is 9.38. The molecule has 0 N–H and O–H groups in total. The molecule has 0 spiro atoms. The second-order valence-corrected chi connectivity index (χ2v) is 6.31. The van der Waals surface area contributed by atoms with Crippen LogP contribution in [0.2, 0.25) is 5.15 Å². The van der Waals surface area contributed by atoms with Crippen molar-refractivity contribution in [3.63, 3.8) is 0 Å². The predicted molar refractivity (Wildman–Crippen MR) is 83.4 cm³/mol. The highest BCUT2D eigenvalue weighted by Crippen LogP contribution is 2.29. The summed E-state index contributed by atoms with van der Waals surface area (Å²) in [7, 11) is 0. The lowest BCUT2D eigenvalue weighted by Gasteiger charge is -2.11. The maximum Gasteiger partial charge on any atom is 0.161 e. The molecule has 0 aliphatic heterocycles. The molecule has 0 radical (unpaired) electrons. The maximum absolute atomic E-state index is 13.4. The van der Waals surface area contributed by atoms with Crippen molar-refractivity contribution in [3.8, 4) is 11.4 Å². The van der Waals surface area contributed by atoms with E-state index in [2.05, 4.69) is 39.7 Å². The van der Waals surface area contributed by atoms with Crippen LogP contribution in [0.1, 0.15) is 25.1 Å². The van der Waals surface area contributed by atoms with Gasteiger partial charge in [-0.2, -0.15) is 0 Å². The molecule has 0 aliphatic carbocycles. The van der Waals surface area contributed by atoms with Crippen LogP contribution in [0.5, 0.6) is 0 Å². The number of aromatic nitrogens is 2. The summed E-state index contributed by atoms with van der Waals surface area (Å²) < 4.78 is 14.1. The molecule has 5 heteroatoms. The fraction of sp³-hybridized carbons (Fsp3) is 0.333. The average Bonchev–Trinajstić information content (AvgIpc) is 2.37. The molecule has 20 heavy (non-hydrogen) atoms. The van der Waals surface area contributed by atoms with Gasteiger partial charge in [-0.1, -0.05) is 31.5 Å². The van der Waals surface area contributed by atoms with E-state index >= 15 is 0 Å². The Morgan fingerprint density at radius 1 is 1.30 bits per heavy atom. The first-order valence-corrected chi connectivity index (χ1v) is 7.54. The van der Waals surface area contributed by atoms with Gasteiger partial charge in [0.2, 0.25) is 0 Å². The molecule has 106 valence electrons. The molecule has 2 aromatic rings. The van der Waals surface area contributed by atoms with Crippen LogP contribution >= 0.6 is 27.5 Å². The molecule has 1 aromatic carbocycles. The smallest absolute Gasteiger partial charge is 0.161 e. The summed E-state index contributed by atoms with van der Waals surface area (Å²) >= 11 is 9.57. The minimum atomic E-state index is -0.307. The van der Waals surface area contributed by atoms with Gasteiger partial charge in [0.05, 0.1) is 10.2 Å². The van der Waals surface area contributed by atoms with Gasteiger partial charge in [-0.15, -0.1) is 0 Å². The van der Waals surface area contributed by atoms with Crippen molar-refractivity contribution in [1.29, 1.82) is 0 Å². The standard InChI is InChI=1S/C15H15BrClFN2/c1-8(2)6-12-13(16)14(17)20-15(19-12)11-7-10(18)5-4-9(11)3/h4-5,7-8H,6H2,1-3H3. The zero-order valence-corrected chi connectivity index (χ0v) is 13.9. The minimum Gasteiger partial charge on any atom is -0.232 e. The monoisotopic (exact) mass is 356 g/mol. The van der Waals surface area contributed by atoms with E-state index in [1.54, 1.807) is 6.07 Å². The van der Waals surface area contributed by atoms with E-state index in [-0.39, 0.29) is 5.82 Å². The first kappa shape index (κ1) is 15.4. The minimum absolute atomic E-state index is 0.307. The second-order valence-electron chi connectivity index (χ2n) is 5.16. The van der Waals surface area contributed by atoms with Crippen LogP contribution in [0.3, 0.4) is 0 Å². The Morgan fingerprint density at radius 2 is 2.00 bits per heavy atom. The van der Waals surface area contributed by atoms with Crippen LogP contribution in [0, 0.1) is 18.7 Å². The van der Waals surface area contributed by atoms with Gasteiger partial charge < -0.3 is 0 Å². The fourth-order valence-corrected chi connectivity index (χ4v) is 2.47. The van der Waals surface area contributed by atoms with Gasteiger partial charge in [-0.05, 0) is 52.9 Å². The number of halogens is 3. The summed E-state index contributed by atoms with van der Waals surface area (Å²) in [6, 6.07) is 4.58. The lowest BCUT2D eigenvalue weighted by molar-refractivity contribution is 0.626. The van der Waals surface area contributed by atoms with Gasteiger partial charge in [0.1, 0.15) is 11.0 Å². The zero-order chi connectivity index (χ0) is 14.9. The number of rotatable bonds is 3. The van der Waals surface area contributed by atoms with E-state index in [1.165, 1.54) is 12.1 Å². The zero-order valence-electron chi connectivity index (χ0n) is 11.5. The number of aryl methyl sites for hydroxylation is 1. The lowest BCUT2D eigenvalue weighted by atomic mass is 10.1. The normalized spacial score (nSPS) is 11.2. The molecule has 2 rings (SSSR count). The number of benzene rings is 1. The predicted octanol–water partition coefficient (Wildman–Crippen LogP) is 5.21. The topological polar surface area (TPSA) is 25.8 Å². The van der Waals surface area contributed by atoms with Gasteiger partial charge in [0, 0.05) is 5.56 Å². The van der Waals surface area contributed by atoms with Crippen LogP contribution in [0.15, 0.2) is 22.7 Å². The second kappa shape index (κ2) is 6.19. The van der Waals surface area contributed by atoms with Gasteiger partial charge in [0.15, 0.2) is 5.82 Å². The Labute approximate surface area is 131 Å². The van der Waals surface area contributed by atoms with Gasteiger partial charge >= 0.3 is 0 Å². The summed E-state index contributed by atoms with van der Waals surface area (Å²) in [5.74, 6) is 0.600. The van der Waals surface area contributed by atoms with Crippen molar-refractivity contribution in [1.82, 2.24) is 9.97 Å². The largest absolute Gasteiger partial charge is 0.232 e. The van der Waals surface area contributed by atoms with Crippen molar-refractivity contribution in [3.05, 3.63) is 44.9 Å². The Hall–Kier alpha value is -1.00. The third kappa shape index (κ3) is 3.36. The van der Waals surface area contributed by atoms with Crippen LogP contribution in [-0.4, -0.2) is 9.97 Å². The highest BCUT2D eigenvalue weighted by Gasteiger charge is 2.15. The highest BCUT2D eigenvalue weighted by molar-refractivity contribution is 9.10. The lowest BCUT2D eigenvalue weighted by Crippen LogP contribution is -2.03. The van der Waals surface area contributed by atoms with Gasteiger partial charge in [0.25, 0.3) is 0 Å². The fourth-order valence-electron chi connectivity index (χ4n) is 1.94. The molecule has 0 bridgehead atoms. The molecule has 0 amide bonds. The molecule has 0 fully saturated rings. The third-order valence-electron chi connectivity index (χ3n) is 2.92. The van der Waals surface area contributed by atoms with E-state index in [0.717, 1.165) is 17.7 Å². The van der Waals surface area contributed by atoms with Gasteiger partial charge in [-0.3, -0.25) is 0 Å². The molecule has 1 aromatic heterocycles. The molecule has 2 nitrogen and oxygen atoms in total. The van der Waals surface area contributed by atoms with Crippen LogP contribution < -0.4 is 0 Å². The molecule has 0 unspecified atom stereocenters. The van der Waals surface area contributed by atoms with Crippen LogP contribution in [-0.2, 0) is 6.42 Å². The van der Waals surface area contributed by atoms with Crippen molar-refractivity contribution in [2.75, 3.05) is 0 Å². The van der Waals surface area contributed by atoms with Crippen LogP contribution in [0.4, 0.5) is 4.39 Å². The first-order valence-electron chi connectivity index (χ1n) is 6.37. The Balaban J connectivity index is 2.57. The third-order valence-corrected chi connectivity index (χ3v) is 4.26. The van der Waals surface area contributed by atoms with E-state index in [1.807, 2.05) is 6.92 Å². The maximum atomic E-state index is 13.4. The molecular weight excluding hydrogens is 343 g/mol. The molecule has 0 saturated heterocycles. The summed E-state index contributed by atoms with van der Waals surface area (Å²) in [4.78, 5) is 8.79. The van der Waals surface area contributed by atoms with E-state index in [9.17, 15) is 4.39 Å². The van der Waals surface area contributed by atoms with Crippen molar-refractivity contribution >= 4 is 27.5 Å². The Kier molecular flexibility index (Phi) is 4.76. The summed E-state index contributed by atoms with van der Waals surface area (Å²) in [6.07, 6.45) is 0.782. The number of hydrogen-bond donors (Lipinski definition) is 0. The highest BCUT2D eigenvalue weighted by atomic mass is 79.9. The van der Waals surface area contributed by atoms with Crippen molar-refractivity contribution in [2.45, 2.75) is 27.2 Å². The number of hydrogen-bond acceptors (Lipinski definition) is 2. The number of nitrogens with zero attached hydrogens (tertiary/aromatic N) is 2. The quantitative estimate of drug-likeness (QED) is 0.705. The van der Waals surface area contributed by atoms with Gasteiger partial charge in [-0.25, -0.2) is 14.4 Å². The summed E-state index contributed by atoms with van der Waals surface area (Å²) in [5.41, 5.74) is 2.43. The molecule has 0 saturated carbocycles. The summed E-state index contributed by atoms with van der Waals surface area (Å²) in [5, 5.41) is 0.356. The van der Waals surface area contributed by atoms with Crippen LogP contribution in [0.25, 0.3) is 11.4 Å². The van der Waals surface area contributed by atoms with E-state index < -0.39 is 0 Å². The average molecular weight is 358 g/mol. The molecule has 0 aliphatic rings. The molecule has 1 heterocycles. The van der Waals surface area contributed by atoms with Crippen molar-refractivity contribution in [2.24, 2.45) is 5.92 Å². The summed E-state index contributed by atoms with van der Waals surface area (Å²) in [6.45, 7) is 6.11. The Bertz CT molecular complexity index is 644. The van der Waals surface area contributed by atoms with E-state index in [4.69, 9.17) is 11.6 Å². The molecule has 0 atom stereocenters. The SMILES string of the molecule is Cc1ccc(F)cc1-c1nc(Cl)c(Br)c(CC(C)C)n1. The van der Waals surface area contributed by atoms with Crippen molar-refractivity contribution < 1.29 is 4.39 Å². The Morgan fingerprint density at radius 3 is 2.65 bits per heavy atom. The van der Waals surface area contributed by atoms with E-state index in [0.29, 0.717) is 26.9 Å².